The van der Waals surface area contributed by atoms with Crippen molar-refractivity contribution in [1.29, 1.82) is 0 Å². The number of hydrogen-bond donors (Lipinski definition) is 2. The summed E-state index contributed by atoms with van der Waals surface area (Å²) in [6.07, 6.45) is 6.91. The van der Waals surface area contributed by atoms with E-state index in [0.717, 1.165) is 12.8 Å². The molecule has 0 aromatic heterocycles. The van der Waals surface area contributed by atoms with E-state index < -0.39 is 0 Å². The summed E-state index contributed by atoms with van der Waals surface area (Å²) in [5.74, 6) is 2.87. The molecule has 3 N–H and O–H groups in total. The van der Waals surface area contributed by atoms with Crippen molar-refractivity contribution in [2.45, 2.75) is 39.7 Å². The zero-order valence-corrected chi connectivity index (χ0v) is 10.4. The molecule has 1 rings (SSSR count). The molecule has 16 heavy (non-hydrogen) atoms. The van der Waals surface area contributed by atoms with Gasteiger partial charge in [-0.3, -0.25) is 4.79 Å². The Morgan fingerprint density at radius 3 is 2.75 bits per heavy atom. The molecule has 1 aliphatic carbocycles. The standard InChI is InChI=1S/C13H22N2O/c1-5-8-15-12(16)10-6-7-11(14)9(2)13(10,3)4/h1,9-11H,6-8,14H2,2-4H3,(H,15,16). The highest BCUT2D eigenvalue weighted by Crippen LogP contribution is 2.44. The van der Waals surface area contributed by atoms with Gasteiger partial charge in [0, 0.05) is 12.0 Å². The summed E-state index contributed by atoms with van der Waals surface area (Å²) in [7, 11) is 0. The maximum Gasteiger partial charge on any atom is 0.224 e. The van der Waals surface area contributed by atoms with Gasteiger partial charge < -0.3 is 11.1 Å². The van der Waals surface area contributed by atoms with E-state index in [-0.39, 0.29) is 23.3 Å². The van der Waals surface area contributed by atoms with Crippen LogP contribution in [0, 0.1) is 29.6 Å². The van der Waals surface area contributed by atoms with Gasteiger partial charge in [-0.25, -0.2) is 0 Å². The van der Waals surface area contributed by atoms with Gasteiger partial charge in [0.2, 0.25) is 5.91 Å². The molecule has 0 saturated heterocycles. The van der Waals surface area contributed by atoms with Gasteiger partial charge in [0.25, 0.3) is 0 Å². The molecule has 90 valence electrons. The van der Waals surface area contributed by atoms with E-state index >= 15 is 0 Å². The summed E-state index contributed by atoms with van der Waals surface area (Å²) in [6.45, 7) is 6.69. The van der Waals surface area contributed by atoms with Crippen LogP contribution in [-0.4, -0.2) is 18.5 Å². The highest BCUT2D eigenvalue weighted by Gasteiger charge is 2.44. The lowest BCUT2D eigenvalue weighted by Crippen LogP contribution is -2.51. The van der Waals surface area contributed by atoms with Crippen molar-refractivity contribution in [3.8, 4) is 12.3 Å². The largest absolute Gasteiger partial charge is 0.345 e. The topological polar surface area (TPSA) is 55.1 Å². The molecule has 0 heterocycles. The van der Waals surface area contributed by atoms with E-state index in [1.165, 1.54) is 0 Å². The van der Waals surface area contributed by atoms with Crippen molar-refractivity contribution in [3.05, 3.63) is 0 Å². The molecule has 1 fully saturated rings. The first kappa shape index (κ1) is 13.1. The third kappa shape index (κ3) is 2.38. The Balaban J connectivity index is 2.74. The maximum atomic E-state index is 12.0. The Kier molecular flexibility index (Phi) is 3.98. The average Bonchev–Trinajstić information content (AvgIpc) is 2.23. The molecule has 1 aliphatic rings. The smallest absolute Gasteiger partial charge is 0.224 e. The van der Waals surface area contributed by atoms with Gasteiger partial charge in [-0.2, -0.15) is 0 Å². The molecule has 0 aliphatic heterocycles. The van der Waals surface area contributed by atoms with Gasteiger partial charge in [-0.15, -0.1) is 6.42 Å². The molecule has 0 aromatic carbocycles. The minimum atomic E-state index is -0.0592. The predicted molar refractivity (Wildman–Crippen MR) is 65.5 cm³/mol. The second kappa shape index (κ2) is 4.88. The molecular formula is C13H22N2O. The number of nitrogens with two attached hydrogens (primary N) is 1. The van der Waals surface area contributed by atoms with E-state index in [0.29, 0.717) is 12.5 Å². The first-order chi connectivity index (χ1) is 7.41. The second-order valence-corrected chi connectivity index (χ2v) is 5.33. The number of nitrogens with one attached hydrogen (secondary N) is 1. The Hall–Kier alpha value is -1.01. The third-order valence-electron chi connectivity index (χ3n) is 4.18. The molecule has 0 spiro atoms. The monoisotopic (exact) mass is 222 g/mol. The number of carbonyl (C=O) groups excluding carboxylic acids is 1. The zero-order chi connectivity index (χ0) is 12.3. The van der Waals surface area contributed by atoms with Crippen molar-refractivity contribution < 1.29 is 4.79 Å². The summed E-state index contributed by atoms with van der Waals surface area (Å²) in [5, 5.41) is 2.78. The van der Waals surface area contributed by atoms with Crippen LogP contribution >= 0.6 is 0 Å². The number of carbonyl (C=O) groups is 1. The van der Waals surface area contributed by atoms with Gasteiger partial charge in [-0.1, -0.05) is 26.7 Å². The van der Waals surface area contributed by atoms with Gasteiger partial charge in [0.1, 0.15) is 0 Å². The number of hydrogen-bond acceptors (Lipinski definition) is 2. The molecule has 3 atom stereocenters. The lowest BCUT2D eigenvalue weighted by Gasteiger charge is -2.45. The minimum absolute atomic E-state index is 0.0237. The van der Waals surface area contributed by atoms with Crippen LogP contribution < -0.4 is 11.1 Å². The van der Waals surface area contributed by atoms with Gasteiger partial charge in [0.05, 0.1) is 6.54 Å². The fourth-order valence-corrected chi connectivity index (χ4v) is 2.58. The zero-order valence-electron chi connectivity index (χ0n) is 10.4. The lowest BCUT2D eigenvalue weighted by atomic mass is 9.61. The van der Waals surface area contributed by atoms with Gasteiger partial charge >= 0.3 is 0 Å². The summed E-state index contributed by atoms with van der Waals surface area (Å²) in [4.78, 5) is 12.0. The summed E-state index contributed by atoms with van der Waals surface area (Å²) in [6, 6.07) is 0.201. The third-order valence-corrected chi connectivity index (χ3v) is 4.18. The van der Waals surface area contributed by atoms with Crippen LogP contribution in [0.15, 0.2) is 0 Å². The second-order valence-electron chi connectivity index (χ2n) is 5.33. The number of amides is 1. The Labute approximate surface area is 98.2 Å². The molecule has 0 radical (unpaired) electrons. The van der Waals surface area contributed by atoms with Crippen LogP contribution in [0.3, 0.4) is 0 Å². The molecule has 3 unspecified atom stereocenters. The van der Waals surface area contributed by atoms with Crippen LogP contribution in [0.25, 0.3) is 0 Å². The normalized spacial score (nSPS) is 32.8. The molecule has 0 bridgehead atoms. The van der Waals surface area contributed by atoms with Crippen LogP contribution in [-0.2, 0) is 4.79 Å². The molecule has 3 nitrogen and oxygen atoms in total. The summed E-state index contributed by atoms with van der Waals surface area (Å²) >= 11 is 0. The molecule has 3 heteroatoms. The SMILES string of the molecule is C#CCNC(=O)C1CCC(N)C(C)C1(C)C. The highest BCUT2D eigenvalue weighted by molar-refractivity contribution is 5.79. The maximum absolute atomic E-state index is 12.0. The van der Waals surface area contributed by atoms with E-state index in [4.69, 9.17) is 12.2 Å². The average molecular weight is 222 g/mol. The first-order valence-corrected chi connectivity index (χ1v) is 5.88. The van der Waals surface area contributed by atoms with Crippen molar-refractivity contribution in [3.63, 3.8) is 0 Å². The predicted octanol–water partition coefficient (Wildman–Crippen LogP) is 1.14. The van der Waals surface area contributed by atoms with Crippen molar-refractivity contribution in [2.24, 2.45) is 23.0 Å². The van der Waals surface area contributed by atoms with Crippen molar-refractivity contribution >= 4 is 5.91 Å². The summed E-state index contributed by atoms with van der Waals surface area (Å²) < 4.78 is 0. The van der Waals surface area contributed by atoms with E-state index in [9.17, 15) is 4.79 Å². The Morgan fingerprint density at radius 1 is 1.56 bits per heavy atom. The van der Waals surface area contributed by atoms with Crippen LogP contribution in [0.1, 0.15) is 33.6 Å². The fourth-order valence-electron chi connectivity index (χ4n) is 2.58. The van der Waals surface area contributed by atoms with E-state index in [1.807, 2.05) is 0 Å². The Morgan fingerprint density at radius 2 is 2.19 bits per heavy atom. The molecule has 1 saturated carbocycles. The highest BCUT2D eigenvalue weighted by atomic mass is 16.1. The van der Waals surface area contributed by atoms with Gasteiger partial charge in [-0.05, 0) is 24.2 Å². The quantitative estimate of drug-likeness (QED) is 0.688. The Bertz CT molecular complexity index is 304. The van der Waals surface area contributed by atoms with Crippen LogP contribution in [0.5, 0.6) is 0 Å². The lowest BCUT2D eigenvalue weighted by molar-refractivity contribution is -0.132. The van der Waals surface area contributed by atoms with Crippen molar-refractivity contribution in [1.82, 2.24) is 5.32 Å². The fraction of sp³-hybridized carbons (Fsp3) is 0.769. The molecular weight excluding hydrogens is 200 g/mol. The van der Waals surface area contributed by atoms with E-state index in [2.05, 4.69) is 32.0 Å². The van der Waals surface area contributed by atoms with Crippen molar-refractivity contribution in [2.75, 3.05) is 6.54 Å². The van der Waals surface area contributed by atoms with Crippen LogP contribution in [0.4, 0.5) is 0 Å². The minimum Gasteiger partial charge on any atom is -0.345 e. The summed E-state index contributed by atoms with van der Waals surface area (Å²) in [5.41, 5.74) is 5.99. The first-order valence-electron chi connectivity index (χ1n) is 5.88. The van der Waals surface area contributed by atoms with Crippen LogP contribution in [0.2, 0.25) is 0 Å². The number of terminal acetylenes is 1. The number of rotatable bonds is 2. The molecule has 1 amide bonds. The van der Waals surface area contributed by atoms with E-state index in [1.54, 1.807) is 0 Å². The molecule has 0 aromatic rings. The van der Waals surface area contributed by atoms with Gasteiger partial charge in [0.15, 0.2) is 0 Å².